The molecule has 3 nitrogen and oxygen atoms in total. The molecule has 2 atom stereocenters. The minimum atomic E-state index is -0.527. The molecule has 1 aliphatic heterocycles. The summed E-state index contributed by atoms with van der Waals surface area (Å²) in [5, 5.41) is 6.56. The first-order chi connectivity index (χ1) is 9.41. The Kier molecular flexibility index (Phi) is 6.70. The molecule has 0 aromatic heterocycles. The summed E-state index contributed by atoms with van der Waals surface area (Å²) in [4.78, 5) is 12.6. The maximum atomic E-state index is 12.6. The molecule has 2 rings (SSSR count). The van der Waals surface area contributed by atoms with Crippen molar-refractivity contribution in [2.45, 2.75) is 38.6 Å². The number of carbonyl (C=O) groups is 1. The predicted octanol–water partition coefficient (Wildman–Crippen LogP) is 3.26. The Labute approximate surface area is 141 Å². The van der Waals surface area contributed by atoms with Crippen LogP contribution in [0.2, 0.25) is 0 Å². The lowest BCUT2D eigenvalue weighted by atomic mass is 9.83. The Morgan fingerprint density at radius 2 is 2.14 bits per heavy atom. The SMILES string of the molecule is CC1CCNCC1NC(=O)C(C)(C)c1cccc(Br)c1.Cl. The first kappa shape index (κ1) is 18.5. The third-order valence-corrected chi connectivity index (χ3v) is 4.75. The van der Waals surface area contributed by atoms with E-state index in [0.717, 1.165) is 29.5 Å². The van der Waals surface area contributed by atoms with Gasteiger partial charge >= 0.3 is 0 Å². The highest BCUT2D eigenvalue weighted by molar-refractivity contribution is 9.10. The second kappa shape index (κ2) is 7.61. The largest absolute Gasteiger partial charge is 0.351 e. The van der Waals surface area contributed by atoms with Crippen molar-refractivity contribution in [2.24, 2.45) is 5.92 Å². The molecular formula is C16H24BrClN2O. The predicted molar refractivity (Wildman–Crippen MR) is 93.0 cm³/mol. The summed E-state index contributed by atoms with van der Waals surface area (Å²) in [6, 6.07) is 8.20. The van der Waals surface area contributed by atoms with Crippen LogP contribution < -0.4 is 10.6 Å². The summed E-state index contributed by atoms with van der Waals surface area (Å²) in [5.74, 6) is 0.620. The quantitative estimate of drug-likeness (QED) is 0.851. The molecule has 1 heterocycles. The van der Waals surface area contributed by atoms with E-state index in [2.05, 4.69) is 33.5 Å². The van der Waals surface area contributed by atoms with Gasteiger partial charge in [-0.05, 0) is 50.4 Å². The molecule has 5 heteroatoms. The molecule has 1 amide bonds. The van der Waals surface area contributed by atoms with Crippen molar-refractivity contribution in [3.63, 3.8) is 0 Å². The third-order valence-electron chi connectivity index (χ3n) is 4.26. The Hall–Kier alpha value is -0.580. The molecule has 0 spiro atoms. The fourth-order valence-corrected chi connectivity index (χ4v) is 2.94. The Morgan fingerprint density at radius 3 is 2.76 bits per heavy atom. The summed E-state index contributed by atoms with van der Waals surface area (Å²) >= 11 is 3.47. The van der Waals surface area contributed by atoms with Gasteiger partial charge in [-0.3, -0.25) is 4.79 Å². The number of hydrogen-bond donors (Lipinski definition) is 2. The summed E-state index contributed by atoms with van der Waals surface area (Å²) in [6.07, 6.45) is 1.11. The van der Waals surface area contributed by atoms with E-state index in [1.54, 1.807) is 0 Å². The van der Waals surface area contributed by atoms with Gasteiger partial charge in [-0.15, -0.1) is 12.4 Å². The maximum absolute atomic E-state index is 12.6. The van der Waals surface area contributed by atoms with E-state index in [1.165, 1.54) is 0 Å². The Balaban J connectivity index is 0.00000220. The number of halogens is 2. The number of nitrogens with one attached hydrogen (secondary N) is 2. The Morgan fingerprint density at radius 1 is 1.43 bits per heavy atom. The van der Waals surface area contributed by atoms with Gasteiger partial charge in [0.1, 0.15) is 0 Å². The topological polar surface area (TPSA) is 41.1 Å². The summed E-state index contributed by atoms with van der Waals surface area (Å²) < 4.78 is 1.00. The molecule has 1 saturated heterocycles. The number of hydrogen-bond acceptors (Lipinski definition) is 2. The lowest BCUT2D eigenvalue weighted by molar-refractivity contribution is -0.126. The number of rotatable bonds is 3. The number of amides is 1. The lowest BCUT2D eigenvalue weighted by Gasteiger charge is -2.33. The van der Waals surface area contributed by atoms with Crippen LogP contribution >= 0.6 is 28.3 Å². The summed E-state index contributed by atoms with van der Waals surface area (Å²) in [5.41, 5.74) is 0.502. The van der Waals surface area contributed by atoms with E-state index in [0.29, 0.717) is 5.92 Å². The standard InChI is InChI=1S/C16H23BrN2O.ClH/c1-11-7-8-18-10-14(11)19-15(20)16(2,3)12-5-4-6-13(17)9-12;/h4-6,9,11,14,18H,7-8,10H2,1-3H3,(H,19,20);1H. The van der Waals surface area contributed by atoms with Gasteiger partial charge < -0.3 is 10.6 Å². The van der Waals surface area contributed by atoms with Crippen LogP contribution in [0.5, 0.6) is 0 Å². The van der Waals surface area contributed by atoms with Gasteiger partial charge in [-0.1, -0.05) is 35.0 Å². The molecular weight excluding hydrogens is 352 g/mol. The van der Waals surface area contributed by atoms with E-state index in [4.69, 9.17) is 0 Å². The van der Waals surface area contributed by atoms with E-state index >= 15 is 0 Å². The molecule has 0 aliphatic carbocycles. The molecule has 0 saturated carbocycles. The first-order valence-corrected chi connectivity index (χ1v) is 7.98. The van der Waals surface area contributed by atoms with Crippen LogP contribution in [0.3, 0.4) is 0 Å². The van der Waals surface area contributed by atoms with Crippen molar-refractivity contribution in [2.75, 3.05) is 13.1 Å². The minimum Gasteiger partial charge on any atom is -0.351 e. The van der Waals surface area contributed by atoms with Gasteiger partial charge in [0.25, 0.3) is 0 Å². The van der Waals surface area contributed by atoms with Gasteiger partial charge in [0.2, 0.25) is 5.91 Å². The fraction of sp³-hybridized carbons (Fsp3) is 0.562. The number of piperidine rings is 1. The van der Waals surface area contributed by atoms with Crippen LogP contribution in [-0.2, 0) is 10.2 Å². The van der Waals surface area contributed by atoms with E-state index in [-0.39, 0.29) is 24.4 Å². The van der Waals surface area contributed by atoms with Crippen LogP contribution in [0.25, 0.3) is 0 Å². The fourth-order valence-electron chi connectivity index (χ4n) is 2.54. The highest BCUT2D eigenvalue weighted by Gasteiger charge is 2.33. The van der Waals surface area contributed by atoms with Crippen molar-refractivity contribution in [1.29, 1.82) is 0 Å². The summed E-state index contributed by atoms with van der Waals surface area (Å²) in [6.45, 7) is 8.07. The highest BCUT2D eigenvalue weighted by atomic mass is 79.9. The van der Waals surface area contributed by atoms with Crippen LogP contribution in [0.1, 0.15) is 32.8 Å². The van der Waals surface area contributed by atoms with Crippen molar-refractivity contribution in [3.05, 3.63) is 34.3 Å². The molecule has 2 N–H and O–H groups in total. The monoisotopic (exact) mass is 374 g/mol. The zero-order chi connectivity index (χ0) is 14.8. The molecule has 2 unspecified atom stereocenters. The van der Waals surface area contributed by atoms with Gasteiger partial charge in [0.15, 0.2) is 0 Å². The van der Waals surface area contributed by atoms with Gasteiger partial charge in [-0.25, -0.2) is 0 Å². The van der Waals surface area contributed by atoms with Gasteiger partial charge in [-0.2, -0.15) is 0 Å². The van der Waals surface area contributed by atoms with Crippen LogP contribution in [0.4, 0.5) is 0 Å². The average molecular weight is 376 g/mol. The van der Waals surface area contributed by atoms with Crippen LogP contribution in [-0.4, -0.2) is 25.0 Å². The second-order valence-electron chi connectivity index (χ2n) is 6.19. The molecule has 0 radical (unpaired) electrons. The molecule has 21 heavy (non-hydrogen) atoms. The average Bonchev–Trinajstić information content (AvgIpc) is 2.41. The molecule has 1 fully saturated rings. The first-order valence-electron chi connectivity index (χ1n) is 7.19. The highest BCUT2D eigenvalue weighted by Crippen LogP contribution is 2.26. The summed E-state index contributed by atoms with van der Waals surface area (Å²) in [7, 11) is 0. The second-order valence-corrected chi connectivity index (χ2v) is 7.10. The molecule has 1 aromatic rings. The number of carbonyl (C=O) groups excluding carboxylic acids is 1. The zero-order valence-corrected chi connectivity index (χ0v) is 15.2. The van der Waals surface area contributed by atoms with E-state index < -0.39 is 5.41 Å². The van der Waals surface area contributed by atoms with Crippen molar-refractivity contribution in [3.8, 4) is 0 Å². The van der Waals surface area contributed by atoms with E-state index in [9.17, 15) is 4.79 Å². The van der Waals surface area contributed by atoms with Crippen molar-refractivity contribution in [1.82, 2.24) is 10.6 Å². The molecule has 118 valence electrons. The minimum absolute atomic E-state index is 0. The molecule has 0 bridgehead atoms. The van der Waals surface area contributed by atoms with Gasteiger partial charge in [0, 0.05) is 17.1 Å². The van der Waals surface area contributed by atoms with Gasteiger partial charge in [0.05, 0.1) is 5.41 Å². The smallest absolute Gasteiger partial charge is 0.230 e. The van der Waals surface area contributed by atoms with Crippen molar-refractivity contribution >= 4 is 34.2 Å². The Bertz CT molecular complexity index is 493. The van der Waals surface area contributed by atoms with Crippen molar-refractivity contribution < 1.29 is 4.79 Å². The van der Waals surface area contributed by atoms with Crippen LogP contribution in [0.15, 0.2) is 28.7 Å². The molecule has 1 aliphatic rings. The normalized spacial score (nSPS) is 22.3. The number of benzene rings is 1. The lowest BCUT2D eigenvalue weighted by Crippen LogP contribution is -2.54. The maximum Gasteiger partial charge on any atom is 0.230 e. The zero-order valence-electron chi connectivity index (χ0n) is 12.8. The van der Waals surface area contributed by atoms with Crippen LogP contribution in [0, 0.1) is 5.92 Å². The van der Waals surface area contributed by atoms with E-state index in [1.807, 2.05) is 38.1 Å². The molecule has 1 aromatic carbocycles. The third kappa shape index (κ3) is 4.44.